The molecule has 15 heavy (non-hydrogen) atoms. The van der Waals surface area contributed by atoms with Crippen LogP contribution < -0.4 is 0 Å². The Kier molecular flexibility index (Phi) is 3.37. The summed E-state index contributed by atoms with van der Waals surface area (Å²) in [5.41, 5.74) is 0.708. The number of thiophene rings is 2. The first-order valence-corrected chi connectivity index (χ1v) is 6.67. The molecule has 0 aromatic carbocycles. The van der Waals surface area contributed by atoms with Crippen LogP contribution in [-0.4, -0.2) is 0 Å². The average Bonchev–Trinajstić information content (AvgIpc) is 2.85. The molecule has 0 saturated heterocycles. The Labute approximate surface area is 105 Å². The normalized spacial score (nSPS) is 11.3. The summed E-state index contributed by atoms with van der Waals surface area (Å²) in [6, 6.07) is 7.93. The molecule has 0 spiro atoms. The molecule has 74 valence electrons. The van der Waals surface area contributed by atoms with E-state index in [4.69, 9.17) is 6.57 Å². The highest BCUT2D eigenvalue weighted by molar-refractivity contribution is 9.11. The topological polar surface area (TPSA) is 4.36 Å². The summed E-state index contributed by atoms with van der Waals surface area (Å²) in [7, 11) is 0. The minimum absolute atomic E-state index is 0.708. The van der Waals surface area contributed by atoms with Crippen LogP contribution in [0.25, 0.3) is 16.6 Å². The summed E-state index contributed by atoms with van der Waals surface area (Å²) in [4.78, 5) is 5.67. The van der Waals surface area contributed by atoms with Gasteiger partial charge in [-0.1, -0.05) is 12.1 Å². The molecule has 0 aliphatic carbocycles. The fourth-order valence-electron chi connectivity index (χ4n) is 1.12. The lowest BCUT2D eigenvalue weighted by molar-refractivity contribution is 1.86. The second kappa shape index (κ2) is 4.75. The average molecular weight is 296 g/mol. The Bertz CT molecular complexity index is 517. The maximum absolute atomic E-state index is 7.15. The summed E-state index contributed by atoms with van der Waals surface area (Å²) in [6.45, 7) is 7.15. The molecule has 2 aromatic heterocycles. The van der Waals surface area contributed by atoms with E-state index in [2.05, 4.69) is 20.8 Å². The summed E-state index contributed by atoms with van der Waals surface area (Å²) in [5, 5.41) is 1.98. The number of nitrogens with zero attached hydrogens (tertiary/aromatic N) is 1. The zero-order valence-corrected chi connectivity index (χ0v) is 10.8. The smallest absolute Gasteiger partial charge is 0.205 e. The molecule has 0 fully saturated rings. The van der Waals surface area contributed by atoms with Gasteiger partial charge in [-0.2, -0.15) is 11.3 Å². The molecular weight excluding hydrogens is 290 g/mol. The second-order valence-electron chi connectivity index (χ2n) is 2.76. The van der Waals surface area contributed by atoms with E-state index in [1.807, 2.05) is 35.7 Å². The molecular formula is C11H6BrNS2. The largest absolute Gasteiger partial charge is 0.237 e. The molecule has 0 N–H and O–H groups in total. The van der Waals surface area contributed by atoms with Gasteiger partial charge in [-0.3, -0.25) is 0 Å². The molecule has 2 heterocycles. The van der Waals surface area contributed by atoms with E-state index < -0.39 is 0 Å². The minimum atomic E-state index is 0.708. The highest BCUT2D eigenvalue weighted by Gasteiger charge is 2.03. The Balaban J connectivity index is 2.36. The lowest BCUT2D eigenvalue weighted by Crippen LogP contribution is -1.69. The third-order valence-corrected chi connectivity index (χ3v) is 4.23. The molecule has 2 rings (SSSR count). The van der Waals surface area contributed by atoms with Crippen LogP contribution in [-0.2, 0) is 0 Å². The van der Waals surface area contributed by atoms with Crippen LogP contribution in [0.3, 0.4) is 0 Å². The lowest BCUT2D eigenvalue weighted by atomic mass is 10.3. The van der Waals surface area contributed by atoms with Crippen molar-refractivity contribution < 1.29 is 0 Å². The third kappa shape index (κ3) is 2.57. The van der Waals surface area contributed by atoms with Gasteiger partial charge in [0.05, 0.1) is 10.4 Å². The van der Waals surface area contributed by atoms with Gasteiger partial charge < -0.3 is 0 Å². The molecule has 0 unspecified atom stereocenters. The second-order valence-corrected chi connectivity index (χ2v) is 6.20. The number of halogens is 1. The monoisotopic (exact) mass is 295 g/mol. The molecule has 0 saturated carbocycles. The number of hydrogen-bond acceptors (Lipinski definition) is 2. The van der Waals surface area contributed by atoms with Gasteiger partial charge in [-0.25, -0.2) is 4.85 Å². The Morgan fingerprint density at radius 2 is 2.27 bits per heavy atom. The van der Waals surface area contributed by atoms with E-state index >= 15 is 0 Å². The quantitative estimate of drug-likeness (QED) is 0.688. The van der Waals surface area contributed by atoms with E-state index in [1.165, 1.54) is 0 Å². The van der Waals surface area contributed by atoms with Gasteiger partial charge in [0.2, 0.25) is 5.70 Å². The molecule has 1 nitrogen and oxygen atoms in total. The van der Waals surface area contributed by atoms with Gasteiger partial charge >= 0.3 is 0 Å². The van der Waals surface area contributed by atoms with Gasteiger partial charge in [-0.15, -0.1) is 11.3 Å². The molecule has 2 aromatic rings. The van der Waals surface area contributed by atoms with Crippen molar-refractivity contribution in [3.05, 3.63) is 54.6 Å². The number of hydrogen-bond donors (Lipinski definition) is 0. The molecule has 0 radical (unpaired) electrons. The van der Waals surface area contributed by atoms with Crippen molar-refractivity contribution in [2.75, 3.05) is 0 Å². The van der Waals surface area contributed by atoms with Gasteiger partial charge in [0.1, 0.15) is 0 Å². The van der Waals surface area contributed by atoms with E-state index in [1.54, 1.807) is 22.7 Å². The summed E-state index contributed by atoms with van der Waals surface area (Å²) < 4.78 is 1.09. The van der Waals surface area contributed by atoms with Gasteiger partial charge in [0.25, 0.3) is 0 Å². The molecule has 4 heteroatoms. The first kappa shape index (κ1) is 10.6. The van der Waals surface area contributed by atoms with Crippen molar-refractivity contribution >= 4 is 50.4 Å². The Morgan fingerprint density at radius 1 is 1.40 bits per heavy atom. The van der Waals surface area contributed by atoms with Crippen molar-refractivity contribution in [1.29, 1.82) is 0 Å². The van der Waals surface area contributed by atoms with Crippen molar-refractivity contribution in [3.63, 3.8) is 0 Å². The lowest BCUT2D eigenvalue weighted by Gasteiger charge is -1.91. The zero-order chi connectivity index (χ0) is 10.7. The van der Waals surface area contributed by atoms with Crippen molar-refractivity contribution in [2.24, 2.45) is 0 Å². The van der Waals surface area contributed by atoms with E-state index in [-0.39, 0.29) is 0 Å². The molecule has 0 bridgehead atoms. The third-order valence-electron chi connectivity index (χ3n) is 1.77. The van der Waals surface area contributed by atoms with Gasteiger partial charge in [-0.05, 0) is 39.5 Å². The first-order chi connectivity index (χ1) is 7.29. The van der Waals surface area contributed by atoms with E-state index in [0.29, 0.717) is 5.70 Å². The predicted octanol–water partition coefficient (Wildman–Crippen LogP) is 4.99. The number of rotatable bonds is 2. The van der Waals surface area contributed by atoms with E-state index in [0.717, 1.165) is 13.5 Å². The summed E-state index contributed by atoms with van der Waals surface area (Å²) >= 11 is 6.63. The van der Waals surface area contributed by atoms with E-state index in [9.17, 15) is 0 Å². The molecule has 0 atom stereocenters. The molecule has 0 amide bonds. The SMILES string of the molecule is [C-]#[N+]/C(=C\c1ccc(Br)s1)c1cccs1. The fraction of sp³-hybridized carbons (Fsp3) is 0. The highest BCUT2D eigenvalue weighted by atomic mass is 79.9. The Morgan fingerprint density at radius 3 is 2.80 bits per heavy atom. The maximum Gasteiger partial charge on any atom is 0.205 e. The van der Waals surface area contributed by atoms with Crippen LogP contribution in [0.5, 0.6) is 0 Å². The summed E-state index contributed by atoms with van der Waals surface area (Å²) in [6.07, 6.45) is 1.92. The van der Waals surface area contributed by atoms with Crippen molar-refractivity contribution in [2.45, 2.75) is 0 Å². The van der Waals surface area contributed by atoms with Crippen LogP contribution in [0.1, 0.15) is 9.75 Å². The van der Waals surface area contributed by atoms with Crippen LogP contribution in [0, 0.1) is 6.57 Å². The van der Waals surface area contributed by atoms with Gasteiger partial charge in [0, 0.05) is 9.75 Å². The predicted molar refractivity (Wildman–Crippen MR) is 70.8 cm³/mol. The maximum atomic E-state index is 7.15. The van der Waals surface area contributed by atoms with Crippen LogP contribution in [0.15, 0.2) is 33.4 Å². The van der Waals surface area contributed by atoms with Crippen molar-refractivity contribution in [1.82, 2.24) is 0 Å². The van der Waals surface area contributed by atoms with Crippen LogP contribution in [0.2, 0.25) is 0 Å². The van der Waals surface area contributed by atoms with Crippen molar-refractivity contribution in [3.8, 4) is 0 Å². The fourth-order valence-corrected chi connectivity index (χ4v) is 3.17. The van der Waals surface area contributed by atoms with Gasteiger partial charge in [0.15, 0.2) is 0 Å². The minimum Gasteiger partial charge on any atom is -0.237 e. The first-order valence-electron chi connectivity index (χ1n) is 4.18. The van der Waals surface area contributed by atoms with Crippen LogP contribution in [0.4, 0.5) is 0 Å². The molecule has 0 aliphatic rings. The highest BCUT2D eigenvalue weighted by Crippen LogP contribution is 2.28. The standard InChI is InChI=1S/C11H6BrNS2/c1-13-9(10-3-2-6-14-10)7-8-4-5-11(12)15-8/h2-7H/b9-7-. The zero-order valence-electron chi connectivity index (χ0n) is 7.61. The molecule has 0 aliphatic heterocycles. The Hall–Kier alpha value is -0.890. The van der Waals surface area contributed by atoms with Crippen LogP contribution >= 0.6 is 38.6 Å². The summed E-state index contributed by atoms with van der Waals surface area (Å²) in [5.74, 6) is 0.